The van der Waals surface area contributed by atoms with E-state index >= 15 is 0 Å². The average Bonchev–Trinajstić information content (AvgIpc) is 3.00. The summed E-state index contributed by atoms with van der Waals surface area (Å²) in [6.07, 6.45) is 6.47. The molecule has 0 saturated heterocycles. The number of aromatic nitrogens is 2. The maximum absolute atomic E-state index is 6.29. The minimum Gasteiger partial charge on any atom is -0.377 e. The van der Waals surface area contributed by atoms with E-state index in [2.05, 4.69) is 17.3 Å². The van der Waals surface area contributed by atoms with E-state index in [0.29, 0.717) is 6.10 Å². The lowest BCUT2D eigenvalue weighted by atomic mass is 10.3. The molecule has 19 heavy (non-hydrogen) atoms. The molecule has 2 rings (SSSR count). The van der Waals surface area contributed by atoms with Crippen molar-refractivity contribution in [3.05, 3.63) is 16.4 Å². The zero-order chi connectivity index (χ0) is 13.7. The number of hydrogen-bond donors (Lipinski definition) is 1. The predicted octanol–water partition coefficient (Wildman–Crippen LogP) is 2.68. The van der Waals surface area contributed by atoms with Crippen LogP contribution in [0.1, 0.15) is 44.0 Å². The number of aryl methyl sites for hydroxylation is 2. The van der Waals surface area contributed by atoms with Crippen LogP contribution in [0.2, 0.25) is 5.02 Å². The third-order valence-electron chi connectivity index (χ3n) is 3.73. The Hall–Kier alpha value is -0.580. The quantitative estimate of drug-likeness (QED) is 0.783. The van der Waals surface area contributed by atoms with E-state index in [1.54, 1.807) is 0 Å². The molecular formula is C14H24ClN3O. The summed E-state index contributed by atoms with van der Waals surface area (Å²) in [5.74, 6) is 0. The number of ether oxygens (including phenoxy) is 1. The van der Waals surface area contributed by atoms with E-state index in [1.807, 2.05) is 11.7 Å². The fourth-order valence-corrected chi connectivity index (χ4v) is 2.93. The van der Waals surface area contributed by atoms with Gasteiger partial charge in [-0.3, -0.25) is 4.68 Å². The summed E-state index contributed by atoms with van der Waals surface area (Å²) in [6, 6.07) is 0. The Balaban J connectivity index is 1.69. The van der Waals surface area contributed by atoms with E-state index in [0.717, 1.165) is 42.5 Å². The molecule has 0 radical (unpaired) electrons. The molecule has 0 aliphatic heterocycles. The first-order valence-electron chi connectivity index (χ1n) is 7.25. The fraction of sp³-hybridized carbons (Fsp3) is 0.786. The molecule has 1 aliphatic carbocycles. The minimum absolute atomic E-state index is 0.494. The first-order chi connectivity index (χ1) is 9.22. The van der Waals surface area contributed by atoms with Crippen LogP contribution in [-0.2, 0) is 24.8 Å². The maximum Gasteiger partial charge on any atom is 0.0863 e. The van der Waals surface area contributed by atoms with Gasteiger partial charge in [0.2, 0.25) is 0 Å². The highest BCUT2D eigenvalue weighted by molar-refractivity contribution is 6.31. The molecule has 0 spiro atoms. The van der Waals surface area contributed by atoms with Crippen LogP contribution in [0.15, 0.2) is 0 Å². The second-order valence-electron chi connectivity index (χ2n) is 5.14. The molecule has 1 aromatic rings. The van der Waals surface area contributed by atoms with Crippen LogP contribution in [0.4, 0.5) is 0 Å². The molecule has 1 heterocycles. The smallest absolute Gasteiger partial charge is 0.0863 e. The Morgan fingerprint density at radius 3 is 2.79 bits per heavy atom. The van der Waals surface area contributed by atoms with Crippen LogP contribution in [0.5, 0.6) is 0 Å². The zero-order valence-electron chi connectivity index (χ0n) is 11.9. The molecule has 1 saturated carbocycles. The summed E-state index contributed by atoms with van der Waals surface area (Å²) < 4.78 is 7.68. The van der Waals surface area contributed by atoms with Crippen molar-refractivity contribution >= 4 is 11.6 Å². The van der Waals surface area contributed by atoms with Gasteiger partial charge in [0.15, 0.2) is 0 Å². The molecule has 0 aromatic carbocycles. The van der Waals surface area contributed by atoms with Gasteiger partial charge in [-0.2, -0.15) is 5.10 Å². The van der Waals surface area contributed by atoms with Crippen LogP contribution in [-0.4, -0.2) is 29.0 Å². The van der Waals surface area contributed by atoms with Crippen molar-refractivity contribution in [2.24, 2.45) is 7.05 Å². The topological polar surface area (TPSA) is 39.1 Å². The van der Waals surface area contributed by atoms with E-state index in [4.69, 9.17) is 16.3 Å². The molecule has 0 atom stereocenters. The van der Waals surface area contributed by atoms with Gasteiger partial charge in [0, 0.05) is 20.1 Å². The highest BCUT2D eigenvalue weighted by Gasteiger charge is 2.15. The number of rotatable bonds is 7. The summed E-state index contributed by atoms with van der Waals surface area (Å²) in [5, 5.41) is 8.58. The lowest BCUT2D eigenvalue weighted by molar-refractivity contribution is 0.0602. The number of nitrogens with one attached hydrogen (secondary N) is 1. The van der Waals surface area contributed by atoms with Crippen molar-refractivity contribution in [3.8, 4) is 0 Å². The first kappa shape index (κ1) is 14.8. The molecule has 108 valence electrons. The summed E-state index contributed by atoms with van der Waals surface area (Å²) in [4.78, 5) is 0. The predicted molar refractivity (Wildman–Crippen MR) is 77.5 cm³/mol. The van der Waals surface area contributed by atoms with Crippen molar-refractivity contribution in [2.75, 3.05) is 13.2 Å². The molecule has 4 nitrogen and oxygen atoms in total. The van der Waals surface area contributed by atoms with E-state index in [-0.39, 0.29) is 0 Å². The third-order valence-corrected chi connectivity index (χ3v) is 4.17. The molecule has 1 aliphatic rings. The van der Waals surface area contributed by atoms with Gasteiger partial charge in [-0.25, -0.2) is 0 Å². The van der Waals surface area contributed by atoms with E-state index in [9.17, 15) is 0 Å². The molecular weight excluding hydrogens is 262 g/mol. The second kappa shape index (κ2) is 7.27. The standard InChI is InChI=1S/C14H24ClN3O/c1-3-12-14(15)13(18(2)17-12)10-16-8-9-19-11-6-4-5-7-11/h11,16H,3-10H2,1-2H3. The summed E-state index contributed by atoms with van der Waals surface area (Å²) in [6.45, 7) is 4.46. The number of hydrogen-bond acceptors (Lipinski definition) is 3. The van der Waals surface area contributed by atoms with Gasteiger partial charge < -0.3 is 10.1 Å². The van der Waals surface area contributed by atoms with E-state index < -0.39 is 0 Å². The number of nitrogens with zero attached hydrogens (tertiary/aromatic N) is 2. The van der Waals surface area contributed by atoms with Gasteiger partial charge in [0.25, 0.3) is 0 Å². The van der Waals surface area contributed by atoms with Crippen molar-refractivity contribution in [3.63, 3.8) is 0 Å². The van der Waals surface area contributed by atoms with Crippen LogP contribution in [0.3, 0.4) is 0 Å². The van der Waals surface area contributed by atoms with Gasteiger partial charge >= 0.3 is 0 Å². The van der Waals surface area contributed by atoms with E-state index in [1.165, 1.54) is 25.7 Å². The van der Waals surface area contributed by atoms with Crippen molar-refractivity contribution in [1.82, 2.24) is 15.1 Å². The molecule has 1 fully saturated rings. The van der Waals surface area contributed by atoms with Gasteiger partial charge in [-0.1, -0.05) is 31.4 Å². The molecule has 1 aromatic heterocycles. The SMILES string of the molecule is CCc1nn(C)c(CNCCOC2CCCC2)c1Cl. The highest BCUT2D eigenvalue weighted by atomic mass is 35.5. The largest absolute Gasteiger partial charge is 0.377 e. The third kappa shape index (κ3) is 3.94. The number of halogens is 1. The summed E-state index contributed by atoms with van der Waals surface area (Å²) >= 11 is 6.29. The Kier molecular flexibility index (Phi) is 5.67. The van der Waals surface area contributed by atoms with Crippen LogP contribution >= 0.6 is 11.6 Å². The lowest BCUT2D eigenvalue weighted by Crippen LogP contribution is -2.23. The molecule has 0 unspecified atom stereocenters. The molecule has 0 bridgehead atoms. The van der Waals surface area contributed by atoms with Crippen molar-refractivity contribution in [2.45, 2.75) is 51.7 Å². The molecule has 1 N–H and O–H groups in total. The van der Waals surface area contributed by atoms with Gasteiger partial charge in [-0.15, -0.1) is 0 Å². The Labute approximate surface area is 120 Å². The lowest BCUT2D eigenvalue weighted by Gasteiger charge is -2.11. The minimum atomic E-state index is 0.494. The maximum atomic E-state index is 6.29. The average molecular weight is 286 g/mol. The highest BCUT2D eigenvalue weighted by Crippen LogP contribution is 2.21. The normalized spacial score (nSPS) is 16.4. The van der Waals surface area contributed by atoms with Crippen LogP contribution in [0.25, 0.3) is 0 Å². The fourth-order valence-electron chi connectivity index (χ4n) is 2.57. The zero-order valence-corrected chi connectivity index (χ0v) is 12.7. The van der Waals surface area contributed by atoms with Gasteiger partial charge in [-0.05, 0) is 19.3 Å². The molecule has 5 heteroatoms. The monoisotopic (exact) mass is 285 g/mol. The van der Waals surface area contributed by atoms with Crippen LogP contribution in [0, 0.1) is 0 Å². The molecule has 0 amide bonds. The Bertz CT molecular complexity index is 400. The van der Waals surface area contributed by atoms with Gasteiger partial charge in [0.1, 0.15) is 0 Å². The van der Waals surface area contributed by atoms with Gasteiger partial charge in [0.05, 0.1) is 29.1 Å². The summed E-state index contributed by atoms with van der Waals surface area (Å²) in [7, 11) is 1.94. The van der Waals surface area contributed by atoms with Crippen molar-refractivity contribution in [1.29, 1.82) is 0 Å². The van der Waals surface area contributed by atoms with Crippen molar-refractivity contribution < 1.29 is 4.74 Å². The Morgan fingerprint density at radius 1 is 1.42 bits per heavy atom. The first-order valence-corrected chi connectivity index (χ1v) is 7.62. The Morgan fingerprint density at radius 2 is 2.16 bits per heavy atom. The second-order valence-corrected chi connectivity index (χ2v) is 5.52. The summed E-state index contributed by atoms with van der Waals surface area (Å²) in [5.41, 5.74) is 2.03. The van der Waals surface area contributed by atoms with Crippen LogP contribution < -0.4 is 5.32 Å².